The van der Waals surface area contributed by atoms with E-state index in [2.05, 4.69) is 24.4 Å². The monoisotopic (exact) mass is 221 g/mol. The molecule has 1 fully saturated rings. The van der Waals surface area contributed by atoms with E-state index in [0.717, 1.165) is 25.1 Å². The number of aliphatic hydroxyl groups is 1. The first-order valence-corrected chi connectivity index (χ1v) is 5.78. The maximum absolute atomic E-state index is 9.67. The van der Waals surface area contributed by atoms with E-state index in [9.17, 15) is 5.11 Å². The van der Waals surface area contributed by atoms with Gasteiger partial charge in [-0.2, -0.15) is 0 Å². The summed E-state index contributed by atoms with van der Waals surface area (Å²) < 4.78 is 5.57. The van der Waals surface area contributed by atoms with Crippen LogP contribution in [0.4, 0.5) is 0 Å². The fourth-order valence-corrected chi connectivity index (χ4v) is 2.12. The lowest BCUT2D eigenvalue weighted by atomic mass is 9.90. The minimum absolute atomic E-state index is 0.0659. The first-order valence-electron chi connectivity index (χ1n) is 5.78. The van der Waals surface area contributed by atoms with E-state index in [1.807, 2.05) is 12.1 Å². The number of aryl methyl sites for hydroxylation is 1. The van der Waals surface area contributed by atoms with Gasteiger partial charge in [0.15, 0.2) is 0 Å². The predicted octanol–water partition coefficient (Wildman–Crippen LogP) is 1.19. The molecule has 2 N–H and O–H groups in total. The fourth-order valence-electron chi connectivity index (χ4n) is 2.12. The number of rotatable bonds is 2. The molecule has 1 heterocycles. The van der Waals surface area contributed by atoms with Gasteiger partial charge < -0.3 is 15.2 Å². The van der Waals surface area contributed by atoms with Crippen molar-refractivity contribution >= 4 is 0 Å². The summed E-state index contributed by atoms with van der Waals surface area (Å²) in [6.45, 7) is 4.31. The molecule has 1 aliphatic rings. The first kappa shape index (κ1) is 11.6. The largest absolute Gasteiger partial charge is 0.394 e. The Hall–Kier alpha value is -0.900. The SMILES string of the molecule is Cc1cccc(C2(CO)COCCCN2)c1. The van der Waals surface area contributed by atoms with Gasteiger partial charge >= 0.3 is 0 Å². The van der Waals surface area contributed by atoms with Gasteiger partial charge in [-0.1, -0.05) is 29.8 Å². The highest BCUT2D eigenvalue weighted by Gasteiger charge is 2.32. The standard InChI is InChI=1S/C13H19NO2/c1-11-4-2-5-12(8-11)13(9-15)10-16-7-3-6-14-13/h2,4-5,8,14-15H,3,6-7,9-10H2,1H3. The van der Waals surface area contributed by atoms with Gasteiger partial charge in [0.05, 0.1) is 18.8 Å². The molecule has 3 heteroatoms. The van der Waals surface area contributed by atoms with Crippen LogP contribution in [0.25, 0.3) is 0 Å². The topological polar surface area (TPSA) is 41.5 Å². The van der Waals surface area contributed by atoms with Crippen molar-refractivity contribution in [2.75, 3.05) is 26.4 Å². The van der Waals surface area contributed by atoms with Crippen molar-refractivity contribution in [2.45, 2.75) is 18.9 Å². The molecular formula is C13H19NO2. The van der Waals surface area contributed by atoms with Crippen molar-refractivity contribution in [1.29, 1.82) is 0 Å². The summed E-state index contributed by atoms with van der Waals surface area (Å²) in [6, 6.07) is 8.24. The normalized spacial score (nSPS) is 26.4. The Kier molecular flexibility index (Phi) is 3.59. The molecule has 3 nitrogen and oxygen atoms in total. The Bertz CT molecular complexity index is 344. The van der Waals surface area contributed by atoms with E-state index in [4.69, 9.17) is 4.74 Å². The Morgan fingerprint density at radius 2 is 2.38 bits per heavy atom. The predicted molar refractivity (Wildman–Crippen MR) is 63.4 cm³/mol. The maximum atomic E-state index is 9.67. The van der Waals surface area contributed by atoms with E-state index >= 15 is 0 Å². The highest BCUT2D eigenvalue weighted by molar-refractivity contribution is 5.29. The molecule has 88 valence electrons. The van der Waals surface area contributed by atoms with Crippen molar-refractivity contribution in [3.63, 3.8) is 0 Å². The summed E-state index contributed by atoms with van der Waals surface area (Å²) in [7, 11) is 0. The van der Waals surface area contributed by atoms with Crippen LogP contribution >= 0.6 is 0 Å². The second kappa shape index (κ2) is 4.95. The van der Waals surface area contributed by atoms with E-state index in [1.165, 1.54) is 5.56 Å². The zero-order chi connectivity index (χ0) is 11.4. The summed E-state index contributed by atoms with van der Waals surface area (Å²) >= 11 is 0. The van der Waals surface area contributed by atoms with Crippen LogP contribution < -0.4 is 5.32 Å². The molecule has 0 aliphatic carbocycles. The fraction of sp³-hybridized carbons (Fsp3) is 0.538. The number of hydrogen-bond acceptors (Lipinski definition) is 3. The van der Waals surface area contributed by atoms with E-state index in [1.54, 1.807) is 0 Å². The molecule has 0 radical (unpaired) electrons. The molecule has 0 saturated carbocycles. The lowest BCUT2D eigenvalue weighted by Gasteiger charge is -2.31. The molecule has 0 aromatic heterocycles. The summed E-state index contributed by atoms with van der Waals surface area (Å²) in [5, 5.41) is 13.1. The second-order valence-corrected chi connectivity index (χ2v) is 4.44. The second-order valence-electron chi connectivity index (χ2n) is 4.44. The molecule has 2 rings (SSSR count). The molecule has 0 amide bonds. The van der Waals surface area contributed by atoms with Gasteiger partial charge in [0.1, 0.15) is 0 Å². The summed E-state index contributed by atoms with van der Waals surface area (Å²) in [4.78, 5) is 0. The lowest BCUT2D eigenvalue weighted by Crippen LogP contribution is -2.48. The summed E-state index contributed by atoms with van der Waals surface area (Å²) in [6.07, 6.45) is 0.994. The number of hydrogen-bond donors (Lipinski definition) is 2. The van der Waals surface area contributed by atoms with E-state index in [0.29, 0.717) is 6.61 Å². The van der Waals surface area contributed by atoms with Crippen LogP contribution in [0.15, 0.2) is 24.3 Å². The van der Waals surface area contributed by atoms with Crippen LogP contribution in [-0.2, 0) is 10.3 Å². The van der Waals surface area contributed by atoms with Crippen molar-refractivity contribution in [1.82, 2.24) is 5.32 Å². The minimum atomic E-state index is -0.428. The van der Waals surface area contributed by atoms with E-state index in [-0.39, 0.29) is 6.61 Å². The van der Waals surface area contributed by atoms with Gasteiger partial charge in [-0.05, 0) is 25.5 Å². The Labute approximate surface area is 96.4 Å². The third kappa shape index (κ3) is 2.26. The van der Waals surface area contributed by atoms with Crippen molar-refractivity contribution in [3.05, 3.63) is 35.4 Å². The number of ether oxygens (including phenoxy) is 1. The third-order valence-corrected chi connectivity index (χ3v) is 3.12. The average Bonchev–Trinajstić information content (AvgIpc) is 2.55. The molecule has 16 heavy (non-hydrogen) atoms. The van der Waals surface area contributed by atoms with Gasteiger partial charge in [-0.25, -0.2) is 0 Å². The van der Waals surface area contributed by atoms with Crippen molar-refractivity contribution < 1.29 is 9.84 Å². The highest BCUT2D eigenvalue weighted by Crippen LogP contribution is 2.23. The third-order valence-electron chi connectivity index (χ3n) is 3.12. The van der Waals surface area contributed by atoms with Crippen LogP contribution in [0.5, 0.6) is 0 Å². The number of benzene rings is 1. The van der Waals surface area contributed by atoms with Crippen LogP contribution in [-0.4, -0.2) is 31.5 Å². The maximum Gasteiger partial charge on any atom is 0.0906 e. The lowest BCUT2D eigenvalue weighted by molar-refractivity contribution is 0.0551. The van der Waals surface area contributed by atoms with Gasteiger partial charge in [0.25, 0.3) is 0 Å². The zero-order valence-corrected chi connectivity index (χ0v) is 9.70. The average molecular weight is 221 g/mol. The summed E-state index contributed by atoms with van der Waals surface area (Å²) in [5.74, 6) is 0. The molecule has 1 saturated heterocycles. The van der Waals surface area contributed by atoms with Gasteiger partial charge in [0.2, 0.25) is 0 Å². The molecule has 1 unspecified atom stereocenters. The molecule has 1 aromatic carbocycles. The van der Waals surface area contributed by atoms with Crippen LogP contribution in [0, 0.1) is 6.92 Å². The smallest absolute Gasteiger partial charge is 0.0906 e. The molecule has 0 bridgehead atoms. The molecule has 0 spiro atoms. The van der Waals surface area contributed by atoms with Gasteiger partial charge in [-0.15, -0.1) is 0 Å². The first-order chi connectivity index (χ1) is 7.77. The summed E-state index contributed by atoms with van der Waals surface area (Å²) in [5.41, 5.74) is 1.89. The Balaban J connectivity index is 2.31. The minimum Gasteiger partial charge on any atom is -0.394 e. The highest BCUT2D eigenvalue weighted by atomic mass is 16.5. The molecule has 1 atom stereocenters. The van der Waals surface area contributed by atoms with Gasteiger partial charge in [-0.3, -0.25) is 0 Å². The molecule has 1 aliphatic heterocycles. The quantitative estimate of drug-likeness (QED) is 0.788. The molecule has 1 aromatic rings. The van der Waals surface area contributed by atoms with E-state index < -0.39 is 5.54 Å². The molecular weight excluding hydrogens is 202 g/mol. The number of nitrogens with one attached hydrogen (secondary N) is 1. The van der Waals surface area contributed by atoms with Crippen LogP contribution in [0.3, 0.4) is 0 Å². The van der Waals surface area contributed by atoms with Crippen molar-refractivity contribution in [3.8, 4) is 0 Å². The number of aliphatic hydroxyl groups excluding tert-OH is 1. The van der Waals surface area contributed by atoms with Gasteiger partial charge in [0, 0.05) is 6.61 Å². The Morgan fingerprint density at radius 1 is 1.50 bits per heavy atom. The van der Waals surface area contributed by atoms with Crippen molar-refractivity contribution in [2.24, 2.45) is 0 Å². The Morgan fingerprint density at radius 3 is 3.12 bits per heavy atom. The zero-order valence-electron chi connectivity index (χ0n) is 9.70. The van der Waals surface area contributed by atoms with Crippen LogP contribution in [0.2, 0.25) is 0 Å². The van der Waals surface area contributed by atoms with Crippen LogP contribution in [0.1, 0.15) is 17.5 Å².